The molecule has 2 aromatic heterocycles. The second-order valence-electron chi connectivity index (χ2n) is 9.41. The minimum absolute atomic E-state index is 0.212. The molecule has 170 valence electrons. The molecule has 1 aromatic carbocycles. The Morgan fingerprint density at radius 1 is 1.03 bits per heavy atom. The minimum atomic E-state index is 0.212. The number of fused-ring (bicyclic) bond motifs is 1. The van der Waals surface area contributed by atoms with E-state index in [2.05, 4.69) is 98.8 Å². The van der Waals surface area contributed by atoms with Crippen LogP contribution >= 0.6 is 12.8 Å². The molecule has 1 fully saturated rings. The largest absolute Gasteiger partial charge is 0.370 e. The fourth-order valence-corrected chi connectivity index (χ4v) is 5.43. The maximum atomic E-state index is 4.75. The number of pyridine rings is 1. The van der Waals surface area contributed by atoms with Gasteiger partial charge in [0.25, 0.3) is 0 Å². The molecule has 2 aliphatic heterocycles. The van der Waals surface area contributed by atoms with Crippen LogP contribution in [0.15, 0.2) is 67.3 Å². The van der Waals surface area contributed by atoms with Crippen molar-refractivity contribution < 1.29 is 0 Å². The summed E-state index contributed by atoms with van der Waals surface area (Å²) >= 11 is 4.65. The van der Waals surface area contributed by atoms with Crippen LogP contribution < -0.4 is 4.90 Å². The average molecular weight is 457 g/mol. The number of nitrogens with zero attached hydrogens (tertiary/aromatic N) is 4. The number of rotatable bonds is 4. The molecule has 0 amide bonds. The number of hydrogen-bond acceptors (Lipinski definition) is 4. The van der Waals surface area contributed by atoms with Crippen LogP contribution in [0, 0.1) is 13.8 Å². The van der Waals surface area contributed by atoms with E-state index in [1.165, 1.54) is 41.6 Å². The number of benzene rings is 1. The van der Waals surface area contributed by atoms with Crippen LogP contribution in [-0.4, -0.2) is 26.9 Å². The van der Waals surface area contributed by atoms with E-state index in [0.717, 1.165) is 41.0 Å². The molecule has 5 rings (SSSR count). The molecule has 1 saturated heterocycles. The summed E-state index contributed by atoms with van der Waals surface area (Å²) in [6.07, 6.45) is 14.4. The fraction of sp³-hybridized carbons (Fsp3) is 0.321. The smallest absolute Gasteiger partial charge is 0.150 e. The van der Waals surface area contributed by atoms with Gasteiger partial charge in [-0.25, -0.2) is 4.98 Å². The van der Waals surface area contributed by atoms with E-state index in [1.54, 1.807) is 0 Å². The summed E-state index contributed by atoms with van der Waals surface area (Å²) in [6, 6.07) is 9.23. The Bertz CT molecular complexity index is 1260. The van der Waals surface area contributed by atoms with Gasteiger partial charge in [-0.2, -0.15) is 0 Å². The van der Waals surface area contributed by atoms with Crippen molar-refractivity contribution in [1.29, 1.82) is 0 Å². The summed E-state index contributed by atoms with van der Waals surface area (Å²) in [6.45, 7) is 13.1. The van der Waals surface area contributed by atoms with Crippen LogP contribution in [0.5, 0.6) is 0 Å². The van der Waals surface area contributed by atoms with Crippen molar-refractivity contribution in [3.63, 3.8) is 0 Å². The van der Waals surface area contributed by atoms with Gasteiger partial charge in [0.1, 0.15) is 0 Å². The summed E-state index contributed by atoms with van der Waals surface area (Å²) in [5, 5.41) is 1.13. The number of piperidine rings is 1. The highest BCUT2D eigenvalue weighted by Gasteiger charge is 2.21. The number of thiol groups is 1. The lowest BCUT2D eigenvalue weighted by molar-refractivity contribution is 0.380. The second-order valence-corrected chi connectivity index (χ2v) is 9.84. The van der Waals surface area contributed by atoms with Gasteiger partial charge in [0.2, 0.25) is 0 Å². The van der Waals surface area contributed by atoms with Crippen LogP contribution in [-0.2, 0) is 0 Å². The predicted molar refractivity (Wildman–Crippen MR) is 143 cm³/mol. The summed E-state index contributed by atoms with van der Waals surface area (Å²) in [5.74, 6) is 0. The predicted octanol–water partition coefficient (Wildman–Crippen LogP) is 6.82. The second kappa shape index (κ2) is 8.79. The Labute approximate surface area is 202 Å². The monoisotopic (exact) mass is 456 g/mol. The first-order chi connectivity index (χ1) is 15.9. The number of aromatic nitrogens is 2. The number of allylic oxidation sites excluding steroid dienone is 3. The van der Waals surface area contributed by atoms with Crippen LogP contribution in [0.2, 0.25) is 0 Å². The maximum Gasteiger partial charge on any atom is 0.150 e. The summed E-state index contributed by atoms with van der Waals surface area (Å²) in [7, 11) is 0. The topological polar surface area (TPSA) is 24.3 Å². The van der Waals surface area contributed by atoms with Crippen LogP contribution in [0.3, 0.4) is 0 Å². The molecule has 4 nitrogen and oxygen atoms in total. The van der Waals surface area contributed by atoms with Gasteiger partial charge in [-0.1, -0.05) is 48.7 Å². The van der Waals surface area contributed by atoms with Crippen molar-refractivity contribution in [2.75, 3.05) is 18.0 Å². The van der Waals surface area contributed by atoms with Gasteiger partial charge in [0, 0.05) is 42.1 Å². The summed E-state index contributed by atoms with van der Waals surface area (Å²) in [5.41, 5.74) is 9.24. The van der Waals surface area contributed by atoms with Crippen molar-refractivity contribution in [3.8, 4) is 0 Å². The van der Waals surface area contributed by atoms with Crippen molar-refractivity contribution in [1.82, 2.24) is 13.9 Å². The van der Waals surface area contributed by atoms with Gasteiger partial charge >= 0.3 is 0 Å². The number of hydrogen-bond donors (Lipinski definition) is 1. The fourth-order valence-electron chi connectivity index (χ4n) is 5.15. The lowest BCUT2D eigenvalue weighted by atomic mass is 9.98. The normalized spacial score (nSPS) is 17.6. The maximum absolute atomic E-state index is 4.75. The van der Waals surface area contributed by atoms with E-state index in [0.29, 0.717) is 0 Å². The molecule has 1 unspecified atom stereocenters. The lowest BCUT2D eigenvalue weighted by Gasteiger charge is -2.31. The first-order valence-corrected chi connectivity index (χ1v) is 12.2. The zero-order chi connectivity index (χ0) is 23.1. The molecule has 0 bridgehead atoms. The summed E-state index contributed by atoms with van der Waals surface area (Å²) < 4.78 is 1.83. The minimum Gasteiger partial charge on any atom is -0.370 e. The Morgan fingerprint density at radius 3 is 2.45 bits per heavy atom. The standard InChI is InChI=1S/C28H32N4S/c1-19-12-20(2)14-24(13-19)22(4)31-11-8-23(15-21(31)3)27-18-32(33)28-26(27)16-25(17-29-28)30-9-6-5-7-10-30/h8,11-18,22,33H,3,5-7,9-10H2,1-2,4H3. The first kappa shape index (κ1) is 21.9. The molecular weight excluding hydrogens is 424 g/mol. The number of anilines is 1. The van der Waals surface area contributed by atoms with Gasteiger partial charge in [-0.05, 0) is 69.4 Å². The lowest BCUT2D eigenvalue weighted by Crippen LogP contribution is -2.29. The van der Waals surface area contributed by atoms with Crippen molar-refractivity contribution in [2.24, 2.45) is 0 Å². The van der Waals surface area contributed by atoms with Crippen LogP contribution in [0.4, 0.5) is 5.69 Å². The molecule has 5 heteroatoms. The Hall–Kier alpha value is -2.92. The molecule has 0 saturated carbocycles. The third kappa shape index (κ3) is 4.22. The molecule has 1 atom stereocenters. The Balaban J connectivity index is 1.46. The third-order valence-electron chi connectivity index (χ3n) is 6.86. The van der Waals surface area contributed by atoms with E-state index >= 15 is 0 Å². The van der Waals surface area contributed by atoms with Crippen LogP contribution in [0.25, 0.3) is 16.6 Å². The van der Waals surface area contributed by atoms with Crippen molar-refractivity contribution in [2.45, 2.75) is 46.1 Å². The van der Waals surface area contributed by atoms with E-state index in [-0.39, 0.29) is 6.04 Å². The third-order valence-corrected chi connectivity index (χ3v) is 7.16. The first-order valence-electron chi connectivity index (χ1n) is 11.8. The molecular formula is C28H32N4S. The zero-order valence-corrected chi connectivity index (χ0v) is 20.6. The van der Waals surface area contributed by atoms with Gasteiger partial charge in [-0.3, -0.25) is 3.97 Å². The molecule has 0 radical (unpaired) electrons. The van der Waals surface area contributed by atoms with Crippen molar-refractivity contribution in [3.05, 3.63) is 89.5 Å². The van der Waals surface area contributed by atoms with Crippen molar-refractivity contribution >= 4 is 35.1 Å². The molecule has 3 aromatic rings. The quantitative estimate of drug-likeness (QED) is 0.436. The number of aryl methyl sites for hydroxylation is 2. The zero-order valence-electron chi connectivity index (χ0n) is 19.8. The molecule has 4 heterocycles. The Kier molecular flexibility index (Phi) is 5.83. The highest BCUT2D eigenvalue weighted by molar-refractivity contribution is 7.78. The van der Waals surface area contributed by atoms with Crippen LogP contribution in [0.1, 0.15) is 54.5 Å². The van der Waals surface area contributed by atoms with E-state index in [4.69, 9.17) is 4.98 Å². The SMILES string of the molecule is C=C1C=C(c2cn(S)c3ncc(N4CCCCC4)cc23)C=CN1C(C)c1cc(C)cc(C)c1. The highest BCUT2D eigenvalue weighted by Crippen LogP contribution is 2.36. The van der Waals surface area contributed by atoms with E-state index in [1.807, 2.05) is 10.2 Å². The highest BCUT2D eigenvalue weighted by atomic mass is 32.1. The Morgan fingerprint density at radius 2 is 1.76 bits per heavy atom. The average Bonchev–Trinajstić information content (AvgIpc) is 3.14. The molecule has 33 heavy (non-hydrogen) atoms. The van der Waals surface area contributed by atoms with Gasteiger partial charge < -0.3 is 9.80 Å². The molecule has 2 aliphatic rings. The van der Waals surface area contributed by atoms with E-state index in [9.17, 15) is 0 Å². The molecule has 0 N–H and O–H groups in total. The molecule has 0 spiro atoms. The van der Waals surface area contributed by atoms with E-state index < -0.39 is 0 Å². The van der Waals surface area contributed by atoms with Gasteiger partial charge in [0.15, 0.2) is 5.65 Å². The van der Waals surface area contributed by atoms with Gasteiger partial charge in [0.05, 0.1) is 17.9 Å². The molecule has 0 aliphatic carbocycles. The summed E-state index contributed by atoms with van der Waals surface area (Å²) in [4.78, 5) is 9.45. The van der Waals surface area contributed by atoms with Gasteiger partial charge in [-0.15, -0.1) is 0 Å².